The SMILES string of the molecule is COCCOCCOCCOC[C@]1(F)CC[C@H](c2nccc(COc3ccc4cc3C[C@H](C(=O)O)Oc3ncnc5sc(-c6ccc(F)cc6)c(c35)-c3c(C)c(Cl)c(c(Cl)c3C)O[C@H](CN3CCN(C)CC3)CO4)n2)CC1. The lowest BCUT2D eigenvalue weighted by atomic mass is 9.80. The third kappa shape index (κ3) is 13.9. The second-order valence-corrected chi connectivity index (χ2v) is 21.5. The first-order valence-electron chi connectivity index (χ1n) is 25.9. The van der Waals surface area contributed by atoms with Crippen molar-refractivity contribution >= 4 is 50.7 Å². The van der Waals surface area contributed by atoms with Crippen molar-refractivity contribution in [1.29, 1.82) is 0 Å². The summed E-state index contributed by atoms with van der Waals surface area (Å²) in [6.45, 7) is 10.3. The maximum absolute atomic E-state index is 15.9. The normalized spacial score (nSPS) is 20.3. The van der Waals surface area contributed by atoms with Crippen LogP contribution in [0.4, 0.5) is 8.78 Å². The summed E-state index contributed by atoms with van der Waals surface area (Å²) in [5.74, 6) is 0.00102. The number of thiophene rings is 1. The largest absolute Gasteiger partial charge is 0.490 e. The molecular weight excluding hydrogens is 1060 g/mol. The van der Waals surface area contributed by atoms with Gasteiger partial charge in [0.25, 0.3) is 0 Å². The molecule has 0 spiro atoms. The van der Waals surface area contributed by atoms with Crippen molar-refractivity contribution in [3.63, 3.8) is 0 Å². The number of benzene rings is 3. The van der Waals surface area contributed by atoms with Crippen LogP contribution in [0.1, 0.15) is 59.8 Å². The lowest BCUT2D eigenvalue weighted by molar-refractivity contribution is -0.145. The molecule has 6 aromatic rings. The maximum atomic E-state index is 15.9. The highest BCUT2D eigenvalue weighted by atomic mass is 35.5. The van der Waals surface area contributed by atoms with Crippen molar-refractivity contribution < 1.29 is 56.6 Å². The van der Waals surface area contributed by atoms with E-state index in [4.69, 9.17) is 66.1 Å². The smallest absolute Gasteiger partial charge is 0.345 e. The van der Waals surface area contributed by atoms with Crippen LogP contribution in [0.2, 0.25) is 10.0 Å². The first kappa shape index (κ1) is 56.4. The van der Waals surface area contributed by atoms with Crippen molar-refractivity contribution in [1.82, 2.24) is 29.7 Å². The Balaban J connectivity index is 0.986. The van der Waals surface area contributed by atoms with Crippen LogP contribution >= 0.6 is 34.5 Å². The summed E-state index contributed by atoms with van der Waals surface area (Å²) in [7, 11) is 3.71. The number of carboxylic acids is 1. The Bertz CT molecular complexity index is 2950. The lowest BCUT2D eigenvalue weighted by Gasteiger charge is -2.35. The summed E-state index contributed by atoms with van der Waals surface area (Å²) in [5, 5.41) is 12.0. The van der Waals surface area contributed by atoms with Crippen LogP contribution in [0.5, 0.6) is 23.1 Å². The van der Waals surface area contributed by atoms with E-state index in [9.17, 15) is 14.3 Å². The number of carboxylic acid groups (broad SMARTS) is 1. The zero-order valence-corrected chi connectivity index (χ0v) is 46.0. The van der Waals surface area contributed by atoms with Gasteiger partial charge in [-0.3, -0.25) is 4.90 Å². The summed E-state index contributed by atoms with van der Waals surface area (Å²) in [4.78, 5) is 37.9. The molecule has 3 aliphatic heterocycles. The fraction of sp³-hybridized carbons (Fsp3) is 0.482. The van der Waals surface area contributed by atoms with Gasteiger partial charge in [0, 0.05) is 74.4 Å². The molecule has 2 fully saturated rings. The predicted octanol–water partition coefficient (Wildman–Crippen LogP) is 9.98. The van der Waals surface area contributed by atoms with E-state index in [1.807, 2.05) is 13.8 Å². The van der Waals surface area contributed by atoms with Gasteiger partial charge >= 0.3 is 5.97 Å². The molecule has 21 heteroatoms. The molecule has 0 radical (unpaired) electrons. The van der Waals surface area contributed by atoms with E-state index < -0.39 is 29.7 Å². The molecular formula is C56H64Cl2F2N6O10S. The zero-order chi connectivity index (χ0) is 54.1. The first-order valence-corrected chi connectivity index (χ1v) is 27.4. The van der Waals surface area contributed by atoms with Gasteiger partial charge in [0.1, 0.15) is 59.3 Å². The van der Waals surface area contributed by atoms with Crippen LogP contribution < -0.4 is 18.9 Å². The monoisotopic (exact) mass is 1120 g/mol. The third-order valence-electron chi connectivity index (χ3n) is 14.3. The Morgan fingerprint density at radius 1 is 0.883 bits per heavy atom. The first-order chi connectivity index (χ1) is 37.3. The molecule has 77 heavy (non-hydrogen) atoms. The highest BCUT2D eigenvalue weighted by molar-refractivity contribution is 7.22. The van der Waals surface area contributed by atoms with E-state index in [1.165, 1.54) is 29.8 Å². The number of halogens is 4. The summed E-state index contributed by atoms with van der Waals surface area (Å²) in [5.41, 5.74) is 2.81. The Morgan fingerprint density at radius 3 is 2.29 bits per heavy atom. The van der Waals surface area contributed by atoms with Gasteiger partial charge in [0.15, 0.2) is 5.75 Å². The fourth-order valence-corrected chi connectivity index (χ4v) is 11.6. The Hall–Kier alpha value is -5.35. The standard InChI is InChI=1S/C56H64Cl2F2N6O10S/c1-34-45-35(2)49(58)50(48(34)57)75-42(29-66-19-17-65(3)18-20-66)31-73-41-9-10-43(38(27-41)28-44(55(67)68)76-53-47-46(45)51(77-54(47)63-33-62-53)36-5-7-39(59)8-6-36)74-30-40-13-16-61-52(64-40)37-11-14-56(60,15-12-37)32-72-26-25-71-24-23-70-22-21-69-4/h5-10,13,16,27,33,37,42,44H,11-12,14-15,17-26,28-32H2,1-4H3,(H,67,68)/t37-,42-,44-,56-/m1/s1. The summed E-state index contributed by atoms with van der Waals surface area (Å²) < 4.78 is 78.3. The van der Waals surface area contributed by atoms with Crippen LogP contribution in [-0.2, 0) is 36.8 Å². The summed E-state index contributed by atoms with van der Waals surface area (Å²) in [6, 6.07) is 13.1. The Kier molecular flexibility index (Phi) is 19.1. The second-order valence-electron chi connectivity index (χ2n) is 19.7. The number of alkyl halides is 1. The molecule has 0 amide bonds. The van der Waals surface area contributed by atoms with E-state index in [0.717, 1.165) is 26.2 Å². The van der Waals surface area contributed by atoms with E-state index in [-0.39, 0.29) is 54.7 Å². The van der Waals surface area contributed by atoms with Crippen LogP contribution in [0, 0.1) is 19.7 Å². The number of rotatable bonds is 19. The van der Waals surface area contributed by atoms with Crippen LogP contribution in [0.25, 0.3) is 31.8 Å². The minimum atomic E-state index is -1.50. The maximum Gasteiger partial charge on any atom is 0.345 e. The minimum absolute atomic E-state index is 0.00897. The number of aliphatic carboxylic acids is 1. The van der Waals surface area contributed by atoms with E-state index in [1.54, 1.807) is 49.7 Å². The van der Waals surface area contributed by atoms with Crippen molar-refractivity contribution in [2.75, 3.05) is 99.7 Å². The average Bonchev–Trinajstić information content (AvgIpc) is 3.83. The summed E-state index contributed by atoms with van der Waals surface area (Å²) in [6.07, 6.45) is 2.48. The van der Waals surface area contributed by atoms with Gasteiger partial charge in [-0.15, -0.1) is 11.3 Å². The summed E-state index contributed by atoms with van der Waals surface area (Å²) >= 11 is 16.0. The number of fused-ring (bicyclic) bond motifs is 7. The van der Waals surface area contributed by atoms with E-state index >= 15 is 4.39 Å². The molecule has 4 bridgehead atoms. The lowest BCUT2D eigenvalue weighted by Crippen LogP contribution is -2.49. The number of carbonyl (C=O) groups is 1. The number of aromatic nitrogens is 4. The predicted molar refractivity (Wildman–Crippen MR) is 290 cm³/mol. The highest BCUT2D eigenvalue weighted by Gasteiger charge is 2.37. The Morgan fingerprint density at radius 2 is 1.58 bits per heavy atom. The molecule has 2 atom stereocenters. The van der Waals surface area contributed by atoms with Crippen molar-refractivity contribution in [3.05, 3.63) is 105 Å². The molecule has 1 aliphatic carbocycles. The van der Waals surface area contributed by atoms with Crippen LogP contribution in [-0.4, -0.2) is 158 Å². The van der Waals surface area contributed by atoms with Gasteiger partial charge in [-0.05, 0) is 105 Å². The van der Waals surface area contributed by atoms with Gasteiger partial charge in [0.05, 0.1) is 67.4 Å². The van der Waals surface area contributed by atoms with Gasteiger partial charge in [-0.2, -0.15) is 0 Å². The number of methoxy groups -OCH3 is 1. The van der Waals surface area contributed by atoms with E-state index in [2.05, 4.69) is 31.8 Å². The quantitative estimate of drug-likeness (QED) is 0.0760. The highest BCUT2D eigenvalue weighted by Crippen LogP contribution is 2.53. The molecule has 3 aromatic heterocycles. The van der Waals surface area contributed by atoms with Crippen molar-refractivity contribution in [2.45, 2.75) is 76.4 Å². The molecule has 412 valence electrons. The Labute approximate surface area is 460 Å². The van der Waals surface area contributed by atoms with Crippen molar-refractivity contribution in [2.24, 2.45) is 0 Å². The third-order valence-corrected chi connectivity index (χ3v) is 16.3. The van der Waals surface area contributed by atoms with Gasteiger partial charge < -0.3 is 47.9 Å². The van der Waals surface area contributed by atoms with Gasteiger partial charge in [-0.1, -0.05) is 35.3 Å². The number of nitrogens with zero attached hydrogens (tertiary/aromatic N) is 6. The second kappa shape index (κ2) is 26.1. The molecule has 4 aliphatic rings. The zero-order valence-electron chi connectivity index (χ0n) is 43.7. The molecule has 6 heterocycles. The number of likely N-dealkylation sites (N-methyl/N-ethyl adjacent to an activating group) is 1. The molecule has 16 nitrogen and oxygen atoms in total. The average molecular weight is 1120 g/mol. The number of hydrogen-bond donors (Lipinski definition) is 1. The fourth-order valence-electron chi connectivity index (χ4n) is 9.93. The molecule has 0 unspecified atom stereocenters. The number of ether oxygens (including phenoxy) is 8. The van der Waals surface area contributed by atoms with Crippen LogP contribution in [0.3, 0.4) is 0 Å². The number of piperazine rings is 1. The topological polar surface area (TPSA) is 169 Å². The van der Waals surface area contributed by atoms with Gasteiger partial charge in [-0.25, -0.2) is 33.5 Å². The number of hydrogen-bond acceptors (Lipinski definition) is 16. The molecule has 10 rings (SSSR count). The van der Waals surface area contributed by atoms with Crippen molar-refractivity contribution in [3.8, 4) is 44.7 Å². The van der Waals surface area contributed by atoms with E-state index in [0.29, 0.717) is 143 Å². The minimum Gasteiger partial charge on any atom is -0.490 e. The molecule has 1 saturated heterocycles. The molecule has 3 aromatic carbocycles. The molecule has 1 saturated carbocycles. The molecule has 1 N–H and O–H groups in total. The van der Waals surface area contributed by atoms with Gasteiger partial charge in [0.2, 0.25) is 12.0 Å². The van der Waals surface area contributed by atoms with Crippen LogP contribution in [0.15, 0.2) is 61.1 Å².